The standard InChI is InChI=1S/C24H28N4O3/c1-3-28(21-9-4-20(18-25)5-10-21)24(30)27-16-14-26(15-17-27)23(29)13-8-19-6-11-22(31-2)12-7-19/h4-7,9-12H,3,8,13-17H2,1-2H3. The van der Waals surface area contributed by atoms with Crippen LogP contribution in [0.1, 0.15) is 24.5 Å². The lowest BCUT2D eigenvalue weighted by atomic mass is 10.1. The maximum Gasteiger partial charge on any atom is 0.324 e. The molecule has 1 aliphatic rings. The average molecular weight is 421 g/mol. The van der Waals surface area contributed by atoms with E-state index in [9.17, 15) is 9.59 Å². The van der Waals surface area contributed by atoms with Gasteiger partial charge in [-0.15, -0.1) is 0 Å². The number of urea groups is 1. The molecule has 7 heteroatoms. The van der Waals surface area contributed by atoms with Gasteiger partial charge in [-0.2, -0.15) is 5.26 Å². The van der Waals surface area contributed by atoms with E-state index in [-0.39, 0.29) is 11.9 Å². The molecule has 7 nitrogen and oxygen atoms in total. The van der Waals surface area contributed by atoms with E-state index >= 15 is 0 Å². The summed E-state index contributed by atoms with van der Waals surface area (Å²) in [5.41, 5.74) is 2.43. The zero-order valence-corrected chi connectivity index (χ0v) is 18.1. The molecule has 3 rings (SSSR count). The number of methoxy groups -OCH3 is 1. The minimum Gasteiger partial charge on any atom is -0.497 e. The largest absolute Gasteiger partial charge is 0.497 e. The van der Waals surface area contributed by atoms with Crippen molar-refractivity contribution in [2.45, 2.75) is 19.8 Å². The van der Waals surface area contributed by atoms with Gasteiger partial charge in [0.25, 0.3) is 0 Å². The van der Waals surface area contributed by atoms with Crippen LogP contribution >= 0.6 is 0 Å². The van der Waals surface area contributed by atoms with Crippen LogP contribution in [0.15, 0.2) is 48.5 Å². The minimum absolute atomic E-state index is 0.0717. The van der Waals surface area contributed by atoms with Crippen molar-refractivity contribution < 1.29 is 14.3 Å². The lowest BCUT2D eigenvalue weighted by Gasteiger charge is -2.37. The number of anilines is 1. The van der Waals surface area contributed by atoms with E-state index in [0.29, 0.717) is 51.1 Å². The van der Waals surface area contributed by atoms with E-state index < -0.39 is 0 Å². The first-order chi connectivity index (χ1) is 15.0. The van der Waals surface area contributed by atoms with Gasteiger partial charge in [0.05, 0.1) is 18.7 Å². The van der Waals surface area contributed by atoms with Crippen molar-refractivity contribution in [2.24, 2.45) is 0 Å². The highest BCUT2D eigenvalue weighted by Gasteiger charge is 2.27. The second-order valence-corrected chi connectivity index (χ2v) is 7.40. The average Bonchev–Trinajstić information content (AvgIpc) is 2.83. The fraction of sp³-hybridized carbons (Fsp3) is 0.375. The molecule has 0 bridgehead atoms. The van der Waals surface area contributed by atoms with Crippen molar-refractivity contribution in [3.63, 3.8) is 0 Å². The SMILES string of the molecule is CCN(C(=O)N1CCN(C(=O)CCc2ccc(OC)cc2)CC1)c1ccc(C#N)cc1. The predicted molar refractivity (Wildman–Crippen MR) is 119 cm³/mol. The Labute approximate surface area is 183 Å². The summed E-state index contributed by atoms with van der Waals surface area (Å²) in [6.45, 7) is 4.57. The van der Waals surface area contributed by atoms with Gasteiger partial charge in [-0.1, -0.05) is 12.1 Å². The molecule has 0 unspecified atom stereocenters. The van der Waals surface area contributed by atoms with Crippen LogP contribution in [-0.2, 0) is 11.2 Å². The van der Waals surface area contributed by atoms with E-state index in [1.54, 1.807) is 41.2 Å². The number of aryl methyl sites for hydroxylation is 1. The first-order valence-electron chi connectivity index (χ1n) is 10.5. The normalized spacial score (nSPS) is 13.5. The van der Waals surface area contributed by atoms with Crippen molar-refractivity contribution in [1.29, 1.82) is 5.26 Å². The summed E-state index contributed by atoms with van der Waals surface area (Å²) in [5, 5.41) is 8.96. The summed E-state index contributed by atoms with van der Waals surface area (Å²) < 4.78 is 5.16. The predicted octanol–water partition coefficient (Wildman–Crippen LogP) is 3.29. The Balaban J connectivity index is 1.50. The quantitative estimate of drug-likeness (QED) is 0.719. The zero-order valence-electron chi connectivity index (χ0n) is 18.1. The molecule has 0 saturated carbocycles. The molecule has 0 aliphatic carbocycles. The van der Waals surface area contributed by atoms with Gasteiger partial charge in [0, 0.05) is 44.8 Å². The molecule has 1 saturated heterocycles. The van der Waals surface area contributed by atoms with Gasteiger partial charge in [-0.25, -0.2) is 4.79 Å². The van der Waals surface area contributed by atoms with E-state index in [4.69, 9.17) is 10.00 Å². The molecular weight excluding hydrogens is 392 g/mol. The van der Waals surface area contributed by atoms with Crippen LogP contribution in [0.4, 0.5) is 10.5 Å². The topological polar surface area (TPSA) is 76.9 Å². The van der Waals surface area contributed by atoms with Gasteiger partial charge in [0.2, 0.25) is 5.91 Å². The number of carbonyl (C=O) groups excluding carboxylic acids is 2. The summed E-state index contributed by atoms with van der Waals surface area (Å²) in [7, 11) is 1.63. The van der Waals surface area contributed by atoms with Crippen LogP contribution in [0.25, 0.3) is 0 Å². The van der Waals surface area contributed by atoms with E-state index in [1.165, 1.54) is 0 Å². The molecule has 1 fully saturated rings. The molecule has 0 N–H and O–H groups in total. The molecular formula is C24H28N4O3. The number of nitriles is 1. The van der Waals surface area contributed by atoms with Crippen LogP contribution in [0.2, 0.25) is 0 Å². The molecule has 2 aromatic carbocycles. The van der Waals surface area contributed by atoms with Gasteiger partial charge < -0.3 is 14.5 Å². The van der Waals surface area contributed by atoms with Crippen molar-refractivity contribution in [1.82, 2.24) is 9.80 Å². The number of hydrogen-bond acceptors (Lipinski definition) is 4. The van der Waals surface area contributed by atoms with Gasteiger partial charge in [-0.3, -0.25) is 9.69 Å². The van der Waals surface area contributed by atoms with Crippen LogP contribution in [0.5, 0.6) is 5.75 Å². The molecule has 2 aromatic rings. The molecule has 1 aliphatic heterocycles. The molecule has 31 heavy (non-hydrogen) atoms. The molecule has 1 heterocycles. The Morgan fingerprint density at radius 3 is 2.16 bits per heavy atom. The highest BCUT2D eigenvalue weighted by Crippen LogP contribution is 2.18. The fourth-order valence-corrected chi connectivity index (χ4v) is 3.66. The number of ether oxygens (including phenoxy) is 1. The van der Waals surface area contributed by atoms with Crippen LogP contribution < -0.4 is 9.64 Å². The number of hydrogen-bond donors (Lipinski definition) is 0. The van der Waals surface area contributed by atoms with E-state index in [2.05, 4.69) is 6.07 Å². The Hall–Kier alpha value is -3.53. The lowest BCUT2D eigenvalue weighted by molar-refractivity contribution is -0.132. The van der Waals surface area contributed by atoms with Crippen molar-refractivity contribution >= 4 is 17.6 Å². The molecule has 162 valence electrons. The van der Waals surface area contributed by atoms with Gasteiger partial charge in [-0.05, 0) is 55.3 Å². The highest BCUT2D eigenvalue weighted by molar-refractivity contribution is 5.92. The van der Waals surface area contributed by atoms with Crippen LogP contribution in [-0.4, -0.2) is 61.6 Å². The summed E-state index contributed by atoms with van der Waals surface area (Å²) in [6.07, 6.45) is 1.14. The van der Waals surface area contributed by atoms with Crippen LogP contribution in [0.3, 0.4) is 0 Å². The fourth-order valence-electron chi connectivity index (χ4n) is 3.66. The molecule has 0 radical (unpaired) electrons. The zero-order chi connectivity index (χ0) is 22.2. The first-order valence-corrected chi connectivity index (χ1v) is 10.5. The summed E-state index contributed by atoms with van der Waals surface area (Å²) >= 11 is 0. The Kier molecular flexibility index (Phi) is 7.50. The van der Waals surface area contributed by atoms with Gasteiger partial charge in [0.1, 0.15) is 5.75 Å². The monoisotopic (exact) mass is 420 g/mol. The third kappa shape index (κ3) is 5.54. The van der Waals surface area contributed by atoms with Crippen molar-refractivity contribution in [2.75, 3.05) is 44.7 Å². The minimum atomic E-state index is -0.0717. The maximum atomic E-state index is 13.0. The molecule has 0 aromatic heterocycles. The molecule has 3 amide bonds. The molecule has 0 atom stereocenters. The molecule has 0 spiro atoms. The Bertz CT molecular complexity index is 927. The lowest BCUT2D eigenvalue weighted by Crippen LogP contribution is -2.54. The Morgan fingerprint density at radius 2 is 1.61 bits per heavy atom. The number of amides is 3. The number of rotatable bonds is 6. The summed E-state index contributed by atoms with van der Waals surface area (Å²) in [5.74, 6) is 0.917. The number of benzene rings is 2. The second kappa shape index (κ2) is 10.5. The number of piperazine rings is 1. The van der Waals surface area contributed by atoms with Gasteiger partial charge >= 0.3 is 6.03 Å². The van der Waals surface area contributed by atoms with Crippen molar-refractivity contribution in [3.05, 3.63) is 59.7 Å². The van der Waals surface area contributed by atoms with Crippen LogP contribution in [0, 0.1) is 11.3 Å². The number of nitrogens with zero attached hydrogens (tertiary/aromatic N) is 4. The summed E-state index contributed by atoms with van der Waals surface area (Å²) in [4.78, 5) is 30.9. The third-order valence-corrected chi connectivity index (χ3v) is 5.54. The van der Waals surface area contributed by atoms with Gasteiger partial charge in [0.15, 0.2) is 0 Å². The van der Waals surface area contributed by atoms with E-state index in [0.717, 1.165) is 17.0 Å². The first kappa shape index (κ1) is 22.2. The number of carbonyl (C=O) groups is 2. The third-order valence-electron chi connectivity index (χ3n) is 5.54. The summed E-state index contributed by atoms with van der Waals surface area (Å²) in [6, 6.07) is 16.8. The van der Waals surface area contributed by atoms with E-state index in [1.807, 2.05) is 36.1 Å². The smallest absolute Gasteiger partial charge is 0.324 e. The Morgan fingerprint density at radius 1 is 1.00 bits per heavy atom. The second-order valence-electron chi connectivity index (χ2n) is 7.40. The van der Waals surface area contributed by atoms with Crippen molar-refractivity contribution in [3.8, 4) is 11.8 Å². The maximum absolute atomic E-state index is 13.0. The highest BCUT2D eigenvalue weighted by atomic mass is 16.5.